The molecular formula is C45H55N5O7. The third kappa shape index (κ3) is 8.14. The van der Waals surface area contributed by atoms with Crippen LogP contribution in [0.3, 0.4) is 0 Å². The number of fused-ring (bicyclic) bond motifs is 1. The highest BCUT2D eigenvalue weighted by atomic mass is 16.5. The number of ether oxygens (including phenoxy) is 3. The first kappa shape index (κ1) is 40.0. The van der Waals surface area contributed by atoms with E-state index in [1.54, 1.807) is 0 Å². The van der Waals surface area contributed by atoms with Crippen LogP contribution in [0.1, 0.15) is 77.3 Å². The van der Waals surface area contributed by atoms with Gasteiger partial charge in [0.05, 0.1) is 39.5 Å². The highest BCUT2D eigenvalue weighted by Gasteiger charge is 2.42. The van der Waals surface area contributed by atoms with Crippen LogP contribution in [0.2, 0.25) is 0 Å². The van der Waals surface area contributed by atoms with Gasteiger partial charge in [0.2, 0.25) is 11.8 Å². The van der Waals surface area contributed by atoms with Crippen LogP contribution in [-0.2, 0) is 23.8 Å². The van der Waals surface area contributed by atoms with Crippen LogP contribution in [0.4, 0.5) is 9.59 Å². The van der Waals surface area contributed by atoms with Gasteiger partial charge in [-0.2, -0.15) is 0 Å². The van der Waals surface area contributed by atoms with Crippen molar-refractivity contribution in [2.75, 3.05) is 40.5 Å². The van der Waals surface area contributed by atoms with Gasteiger partial charge in [-0.1, -0.05) is 76.2 Å². The molecule has 4 aliphatic heterocycles. The van der Waals surface area contributed by atoms with Gasteiger partial charge in [0.15, 0.2) is 0 Å². The topological polar surface area (TPSA) is 139 Å². The minimum atomic E-state index is -0.657. The fourth-order valence-electron chi connectivity index (χ4n) is 9.08. The number of likely N-dealkylation sites (tertiary alicyclic amines) is 2. The second-order valence-corrected chi connectivity index (χ2v) is 16.3. The second-order valence-electron chi connectivity index (χ2n) is 16.3. The quantitative estimate of drug-likeness (QED) is 0.257. The van der Waals surface area contributed by atoms with Gasteiger partial charge in [0.1, 0.15) is 12.1 Å². The number of rotatable bonds is 11. The van der Waals surface area contributed by atoms with Crippen molar-refractivity contribution >= 4 is 40.9 Å². The lowest BCUT2D eigenvalue weighted by atomic mass is 9.93. The number of nitrogens with one attached hydrogen (secondary N) is 2. The zero-order valence-corrected chi connectivity index (χ0v) is 33.9. The summed E-state index contributed by atoms with van der Waals surface area (Å²) in [6.45, 7) is 10.1. The highest BCUT2D eigenvalue weighted by molar-refractivity contribution is 6.04. The van der Waals surface area contributed by atoms with Crippen LogP contribution in [0.5, 0.6) is 0 Å². The molecule has 4 atom stereocenters. The van der Waals surface area contributed by atoms with E-state index in [0.717, 1.165) is 65.6 Å². The molecule has 302 valence electrons. The molecule has 7 rings (SSSR count). The monoisotopic (exact) mass is 777 g/mol. The summed E-state index contributed by atoms with van der Waals surface area (Å²) in [6.07, 6.45) is 5.72. The van der Waals surface area contributed by atoms with Crippen molar-refractivity contribution in [2.24, 2.45) is 16.8 Å². The summed E-state index contributed by atoms with van der Waals surface area (Å²) < 4.78 is 15.6. The average molecular weight is 778 g/mol. The number of alkyl carbamates (subject to hydrolysis) is 2. The molecule has 12 heteroatoms. The molecule has 0 saturated carbocycles. The molecule has 5 aliphatic rings. The number of allylic oxidation sites excluding steroid dienone is 2. The van der Waals surface area contributed by atoms with Gasteiger partial charge in [-0.3, -0.25) is 14.6 Å². The third-order valence-electron chi connectivity index (χ3n) is 12.2. The summed E-state index contributed by atoms with van der Waals surface area (Å²) in [5.41, 5.74) is 11.6. The molecular weight excluding hydrogens is 723 g/mol. The van der Waals surface area contributed by atoms with Crippen LogP contribution >= 0.6 is 0 Å². The Morgan fingerprint density at radius 2 is 1.16 bits per heavy atom. The Bertz CT molecular complexity index is 2010. The lowest BCUT2D eigenvalue weighted by Gasteiger charge is -2.32. The minimum Gasteiger partial charge on any atom is -0.453 e. The van der Waals surface area contributed by atoms with Gasteiger partial charge in [0, 0.05) is 31.4 Å². The molecule has 0 bridgehead atoms. The maximum atomic E-state index is 13.8. The standard InChI is InChI=1S/C45H55N5O7/c1-26(2)40(47-44(53)55-5)42(51)49-19-7-9-38(49)34-22-33(35-24-57-25-36(34)35)31-17-15-29(16-18-31)28-11-13-30(14-12-28)32-21-37(46-23-32)39-10-8-20-50(39)43(52)41(27(3)4)48-45(54)56-6/h11-18,23,26-27,38-41H,7-10,19-22,24-25H2,1-6H3,(H,47,53)(H,48,54)/t38-,39-,40-,41-/m0/s1. The summed E-state index contributed by atoms with van der Waals surface area (Å²) in [4.78, 5) is 60.2. The summed E-state index contributed by atoms with van der Waals surface area (Å²) in [6, 6.07) is 15.9. The molecule has 2 aromatic rings. The fourth-order valence-corrected chi connectivity index (χ4v) is 9.08. The van der Waals surface area contributed by atoms with E-state index < -0.39 is 24.3 Å². The maximum absolute atomic E-state index is 13.8. The van der Waals surface area contributed by atoms with E-state index in [1.807, 2.05) is 43.7 Å². The van der Waals surface area contributed by atoms with Crippen molar-refractivity contribution in [1.82, 2.24) is 20.4 Å². The Balaban J connectivity index is 0.992. The van der Waals surface area contributed by atoms with E-state index in [9.17, 15) is 19.2 Å². The van der Waals surface area contributed by atoms with Crippen LogP contribution in [0.25, 0.3) is 22.3 Å². The Morgan fingerprint density at radius 1 is 0.667 bits per heavy atom. The van der Waals surface area contributed by atoms with Crippen LogP contribution in [0, 0.1) is 11.8 Å². The molecule has 0 spiro atoms. The SMILES string of the molecule is COC(=O)N[C@H](C(=O)N1CCC[C@H]1C1=NC=C(c2ccc(-c3ccc(C4=C5COCC5=C([C@@H]5CCCN5C(=O)[C@@H](NC(=O)OC)C(C)C)C4)cc3)cc2)C1)C(C)C. The van der Waals surface area contributed by atoms with Crippen molar-refractivity contribution in [3.8, 4) is 11.1 Å². The Morgan fingerprint density at radius 3 is 1.70 bits per heavy atom. The predicted molar refractivity (Wildman–Crippen MR) is 219 cm³/mol. The first-order valence-electron chi connectivity index (χ1n) is 20.3. The van der Waals surface area contributed by atoms with Gasteiger partial charge >= 0.3 is 12.2 Å². The molecule has 4 amide bonds. The number of carbonyl (C=O) groups excluding carboxylic acids is 4. The smallest absolute Gasteiger partial charge is 0.407 e. The van der Waals surface area contributed by atoms with E-state index in [0.29, 0.717) is 32.7 Å². The molecule has 0 radical (unpaired) electrons. The third-order valence-corrected chi connectivity index (χ3v) is 12.2. The molecule has 3 fully saturated rings. The number of amides is 4. The van der Waals surface area contributed by atoms with Crippen molar-refractivity contribution in [3.63, 3.8) is 0 Å². The summed E-state index contributed by atoms with van der Waals surface area (Å²) in [7, 11) is 2.62. The number of hydrogen-bond acceptors (Lipinski definition) is 8. The average Bonchev–Trinajstić information content (AvgIpc) is 4.07. The minimum absolute atomic E-state index is 0.0243. The first-order chi connectivity index (χ1) is 27.5. The number of carbonyl (C=O) groups is 4. The first-order valence-corrected chi connectivity index (χ1v) is 20.3. The number of nitrogens with zero attached hydrogens (tertiary/aromatic N) is 3. The molecule has 2 aromatic carbocycles. The van der Waals surface area contributed by atoms with Gasteiger partial charge in [-0.25, -0.2) is 9.59 Å². The Kier molecular flexibility index (Phi) is 12.0. The molecule has 57 heavy (non-hydrogen) atoms. The normalized spacial score (nSPS) is 21.5. The zero-order chi connectivity index (χ0) is 40.4. The fraction of sp³-hybridized carbons (Fsp3) is 0.489. The molecule has 0 aromatic heterocycles. The molecule has 4 heterocycles. The van der Waals surface area contributed by atoms with Crippen molar-refractivity contribution in [1.29, 1.82) is 0 Å². The number of hydrogen-bond donors (Lipinski definition) is 2. The van der Waals surface area contributed by atoms with Crippen LogP contribution in [0.15, 0.2) is 76.4 Å². The lowest BCUT2D eigenvalue weighted by molar-refractivity contribution is -0.135. The van der Waals surface area contributed by atoms with E-state index >= 15 is 0 Å². The molecule has 12 nitrogen and oxygen atoms in total. The Hall–Kier alpha value is -5.23. The largest absolute Gasteiger partial charge is 0.453 e. The van der Waals surface area contributed by atoms with Gasteiger partial charge in [-0.15, -0.1) is 0 Å². The van der Waals surface area contributed by atoms with E-state index in [1.165, 1.54) is 36.5 Å². The molecule has 1 aliphatic carbocycles. The summed E-state index contributed by atoms with van der Waals surface area (Å²) in [5.74, 6) is -0.321. The van der Waals surface area contributed by atoms with Gasteiger partial charge in [0.25, 0.3) is 0 Å². The number of aliphatic imine (C=N–C) groups is 1. The van der Waals surface area contributed by atoms with Gasteiger partial charge < -0.3 is 34.6 Å². The number of benzene rings is 2. The van der Waals surface area contributed by atoms with Crippen molar-refractivity contribution in [2.45, 2.75) is 90.4 Å². The Labute approximate surface area is 335 Å². The predicted octanol–water partition coefficient (Wildman–Crippen LogP) is 6.77. The molecule has 3 saturated heterocycles. The highest BCUT2D eigenvalue weighted by Crippen LogP contribution is 2.46. The lowest BCUT2D eigenvalue weighted by Crippen LogP contribution is -2.53. The van der Waals surface area contributed by atoms with E-state index in [4.69, 9.17) is 19.2 Å². The number of methoxy groups -OCH3 is 2. The maximum Gasteiger partial charge on any atom is 0.407 e. The van der Waals surface area contributed by atoms with Gasteiger partial charge in [-0.05, 0) is 94.1 Å². The van der Waals surface area contributed by atoms with E-state index in [2.05, 4.69) is 59.2 Å². The van der Waals surface area contributed by atoms with Crippen LogP contribution in [-0.4, -0.2) is 104 Å². The summed E-state index contributed by atoms with van der Waals surface area (Å²) in [5, 5.41) is 5.49. The summed E-state index contributed by atoms with van der Waals surface area (Å²) >= 11 is 0. The van der Waals surface area contributed by atoms with Crippen LogP contribution < -0.4 is 10.6 Å². The van der Waals surface area contributed by atoms with Crippen molar-refractivity contribution < 1.29 is 33.4 Å². The van der Waals surface area contributed by atoms with E-state index in [-0.39, 0.29) is 35.7 Å². The van der Waals surface area contributed by atoms with Crippen molar-refractivity contribution in [3.05, 3.63) is 82.6 Å². The zero-order valence-electron chi connectivity index (χ0n) is 33.9. The molecule has 0 unspecified atom stereocenters. The molecule has 2 N–H and O–H groups in total. The second kappa shape index (κ2) is 17.1.